The first-order chi connectivity index (χ1) is 11.7. The van der Waals surface area contributed by atoms with Gasteiger partial charge in [0.25, 0.3) is 5.91 Å². The first kappa shape index (κ1) is 17.0. The van der Waals surface area contributed by atoms with Gasteiger partial charge in [0.1, 0.15) is 12.4 Å². The lowest BCUT2D eigenvalue weighted by Crippen LogP contribution is -2.34. The van der Waals surface area contributed by atoms with Crippen LogP contribution < -0.4 is 10.1 Å². The molecule has 128 valence electrons. The van der Waals surface area contributed by atoms with Gasteiger partial charge in [0.2, 0.25) is 0 Å². The first-order valence-corrected chi connectivity index (χ1v) is 9.53. The van der Waals surface area contributed by atoms with Crippen LogP contribution in [0.4, 0.5) is 0 Å². The molecule has 0 unspecified atom stereocenters. The predicted molar refractivity (Wildman–Crippen MR) is 96.6 cm³/mol. The van der Waals surface area contributed by atoms with Crippen molar-refractivity contribution in [3.05, 3.63) is 45.9 Å². The minimum Gasteiger partial charge on any atom is -0.487 e. The smallest absolute Gasteiger partial charge is 0.251 e. The Kier molecular flexibility index (Phi) is 5.86. The standard InChI is InChI=1S/C19H24N2O2S/c1-14-20-17(13-24-14)12-23-18-10-8-15(9-11-18)19(22)21-16-6-4-2-3-5-7-16/h8-11,13,16H,2-7,12H2,1H3,(H,21,22). The van der Waals surface area contributed by atoms with Gasteiger partial charge in [-0.2, -0.15) is 0 Å². The van der Waals surface area contributed by atoms with Gasteiger partial charge < -0.3 is 10.1 Å². The highest BCUT2D eigenvalue weighted by Gasteiger charge is 2.15. The zero-order valence-corrected chi connectivity index (χ0v) is 14.9. The van der Waals surface area contributed by atoms with Crippen LogP contribution in [0.2, 0.25) is 0 Å². The minimum absolute atomic E-state index is 0.0172. The quantitative estimate of drug-likeness (QED) is 0.814. The van der Waals surface area contributed by atoms with Gasteiger partial charge in [-0.15, -0.1) is 11.3 Å². The Balaban J connectivity index is 1.52. The minimum atomic E-state index is 0.0172. The maximum Gasteiger partial charge on any atom is 0.251 e. The Bertz CT molecular complexity index is 658. The van der Waals surface area contributed by atoms with Crippen molar-refractivity contribution in [2.45, 2.75) is 58.1 Å². The van der Waals surface area contributed by atoms with Crippen molar-refractivity contribution in [2.75, 3.05) is 0 Å². The highest BCUT2D eigenvalue weighted by molar-refractivity contribution is 7.09. The number of carbonyl (C=O) groups excluding carboxylic acids is 1. The summed E-state index contributed by atoms with van der Waals surface area (Å²) in [5, 5.41) is 6.21. The summed E-state index contributed by atoms with van der Waals surface area (Å²) in [5.41, 5.74) is 1.63. The van der Waals surface area contributed by atoms with E-state index in [2.05, 4.69) is 10.3 Å². The van der Waals surface area contributed by atoms with E-state index < -0.39 is 0 Å². The molecule has 0 radical (unpaired) electrons. The Morgan fingerprint density at radius 2 is 1.92 bits per heavy atom. The van der Waals surface area contributed by atoms with E-state index in [1.165, 1.54) is 25.7 Å². The van der Waals surface area contributed by atoms with Gasteiger partial charge in [-0.3, -0.25) is 4.79 Å². The molecule has 24 heavy (non-hydrogen) atoms. The van der Waals surface area contributed by atoms with Gasteiger partial charge in [0, 0.05) is 17.0 Å². The van der Waals surface area contributed by atoms with E-state index in [-0.39, 0.29) is 5.91 Å². The molecule has 0 aliphatic heterocycles. The van der Waals surface area contributed by atoms with Crippen molar-refractivity contribution in [1.82, 2.24) is 10.3 Å². The number of amides is 1. The third kappa shape index (κ3) is 4.81. The number of nitrogens with one attached hydrogen (secondary N) is 1. The molecule has 1 N–H and O–H groups in total. The van der Waals surface area contributed by atoms with E-state index in [4.69, 9.17) is 4.74 Å². The summed E-state index contributed by atoms with van der Waals surface area (Å²) in [6, 6.07) is 7.67. The number of aromatic nitrogens is 1. The lowest BCUT2D eigenvalue weighted by atomic mass is 10.1. The Morgan fingerprint density at radius 1 is 1.21 bits per heavy atom. The topological polar surface area (TPSA) is 51.2 Å². The number of nitrogens with zero attached hydrogens (tertiary/aromatic N) is 1. The molecule has 0 atom stereocenters. The molecule has 0 bridgehead atoms. The molecule has 3 rings (SSSR count). The first-order valence-electron chi connectivity index (χ1n) is 8.65. The van der Waals surface area contributed by atoms with Crippen LogP contribution in [0.3, 0.4) is 0 Å². The number of ether oxygens (including phenoxy) is 1. The summed E-state index contributed by atoms with van der Waals surface area (Å²) in [5.74, 6) is 0.773. The second kappa shape index (κ2) is 8.29. The highest BCUT2D eigenvalue weighted by Crippen LogP contribution is 2.19. The van der Waals surface area contributed by atoms with E-state index in [0.29, 0.717) is 18.2 Å². The fraction of sp³-hybridized carbons (Fsp3) is 0.474. The Morgan fingerprint density at radius 3 is 2.54 bits per heavy atom. The molecule has 1 amide bonds. The van der Waals surface area contributed by atoms with E-state index in [1.807, 2.05) is 36.6 Å². The van der Waals surface area contributed by atoms with Crippen LogP contribution in [-0.2, 0) is 6.61 Å². The molecule has 1 aromatic heterocycles. The molecule has 1 saturated carbocycles. The van der Waals surface area contributed by atoms with Gasteiger partial charge in [-0.1, -0.05) is 25.7 Å². The second-order valence-electron chi connectivity index (χ2n) is 6.33. The average Bonchev–Trinajstić information content (AvgIpc) is 2.84. The van der Waals surface area contributed by atoms with Crippen molar-refractivity contribution < 1.29 is 9.53 Å². The second-order valence-corrected chi connectivity index (χ2v) is 7.40. The van der Waals surface area contributed by atoms with Gasteiger partial charge in [-0.25, -0.2) is 4.98 Å². The molecule has 0 spiro atoms. The van der Waals surface area contributed by atoms with Crippen LogP contribution in [0.1, 0.15) is 59.6 Å². The number of rotatable bonds is 5. The molecule has 1 heterocycles. The van der Waals surface area contributed by atoms with Crippen LogP contribution in [0.5, 0.6) is 5.75 Å². The average molecular weight is 344 g/mol. The summed E-state index contributed by atoms with van der Waals surface area (Å²) in [6.07, 6.45) is 7.20. The van der Waals surface area contributed by atoms with Crippen molar-refractivity contribution in [1.29, 1.82) is 0 Å². The van der Waals surface area contributed by atoms with Crippen LogP contribution in [0.15, 0.2) is 29.6 Å². The molecule has 1 aliphatic carbocycles. The molecular weight excluding hydrogens is 320 g/mol. The van der Waals surface area contributed by atoms with Crippen LogP contribution >= 0.6 is 11.3 Å². The number of hydrogen-bond donors (Lipinski definition) is 1. The van der Waals surface area contributed by atoms with E-state index in [0.717, 1.165) is 29.3 Å². The van der Waals surface area contributed by atoms with Crippen molar-refractivity contribution >= 4 is 17.2 Å². The molecular formula is C19H24N2O2S. The SMILES string of the molecule is Cc1nc(COc2ccc(C(=O)NC3CCCCCC3)cc2)cs1. The highest BCUT2D eigenvalue weighted by atomic mass is 32.1. The zero-order valence-electron chi connectivity index (χ0n) is 14.1. The van der Waals surface area contributed by atoms with Crippen molar-refractivity contribution in [2.24, 2.45) is 0 Å². The maximum absolute atomic E-state index is 12.4. The van der Waals surface area contributed by atoms with Gasteiger partial charge in [0.05, 0.1) is 10.7 Å². The Hall–Kier alpha value is -1.88. The van der Waals surface area contributed by atoms with E-state index in [9.17, 15) is 4.79 Å². The molecule has 1 aliphatic rings. The summed E-state index contributed by atoms with van der Waals surface area (Å²) in [7, 11) is 0. The van der Waals surface area contributed by atoms with Gasteiger partial charge in [0.15, 0.2) is 0 Å². The molecule has 1 fully saturated rings. The summed E-state index contributed by atoms with van der Waals surface area (Å²) in [4.78, 5) is 16.7. The maximum atomic E-state index is 12.4. The predicted octanol–water partition coefficient (Wildman–Crippen LogP) is 4.48. The number of carbonyl (C=O) groups is 1. The summed E-state index contributed by atoms with van der Waals surface area (Å²) < 4.78 is 5.72. The number of thiazole rings is 1. The van der Waals surface area contributed by atoms with Crippen LogP contribution in [0, 0.1) is 6.92 Å². The van der Waals surface area contributed by atoms with Crippen molar-refractivity contribution in [3.63, 3.8) is 0 Å². The van der Waals surface area contributed by atoms with Crippen LogP contribution in [0.25, 0.3) is 0 Å². The lowest BCUT2D eigenvalue weighted by molar-refractivity contribution is 0.0933. The number of aryl methyl sites for hydroxylation is 1. The fourth-order valence-corrected chi connectivity index (χ4v) is 3.62. The van der Waals surface area contributed by atoms with Crippen LogP contribution in [-0.4, -0.2) is 16.9 Å². The van der Waals surface area contributed by atoms with E-state index in [1.54, 1.807) is 11.3 Å². The normalized spacial score (nSPS) is 15.7. The van der Waals surface area contributed by atoms with Gasteiger partial charge in [-0.05, 0) is 44.0 Å². The molecule has 4 nitrogen and oxygen atoms in total. The van der Waals surface area contributed by atoms with Gasteiger partial charge >= 0.3 is 0 Å². The summed E-state index contributed by atoms with van der Waals surface area (Å²) in [6.45, 7) is 2.44. The number of hydrogen-bond acceptors (Lipinski definition) is 4. The largest absolute Gasteiger partial charge is 0.487 e. The zero-order chi connectivity index (χ0) is 16.8. The third-order valence-corrected chi connectivity index (χ3v) is 5.18. The molecule has 0 saturated heterocycles. The van der Waals surface area contributed by atoms with E-state index >= 15 is 0 Å². The third-order valence-electron chi connectivity index (χ3n) is 4.36. The number of benzene rings is 1. The molecule has 2 aromatic rings. The fourth-order valence-electron chi connectivity index (χ4n) is 3.03. The molecule has 5 heteroatoms. The molecule has 1 aromatic carbocycles. The summed E-state index contributed by atoms with van der Waals surface area (Å²) >= 11 is 1.62. The Labute approximate surface area is 147 Å². The van der Waals surface area contributed by atoms with Crippen molar-refractivity contribution in [3.8, 4) is 5.75 Å². The lowest BCUT2D eigenvalue weighted by Gasteiger charge is -2.16. The monoisotopic (exact) mass is 344 g/mol.